The number of benzene rings is 1. The van der Waals surface area contributed by atoms with Gasteiger partial charge in [-0.15, -0.1) is 0 Å². The molecule has 1 aliphatic heterocycles. The summed E-state index contributed by atoms with van der Waals surface area (Å²) in [7, 11) is 4.56. The van der Waals surface area contributed by atoms with Gasteiger partial charge in [0.1, 0.15) is 14.0 Å². The van der Waals surface area contributed by atoms with E-state index in [4.69, 9.17) is 31.1 Å². The molecule has 10 heteroatoms. The number of hydrogen-bond donors (Lipinski definition) is 1. The van der Waals surface area contributed by atoms with E-state index in [1.165, 1.54) is 14.2 Å². The molecular weight excluding hydrogens is 338 g/mol. The monoisotopic (exact) mass is 356 g/mol. The minimum Gasteiger partial charge on any atom is -0.450 e. The number of aliphatic hydroxyl groups is 1. The Labute approximate surface area is 140 Å². The van der Waals surface area contributed by atoms with Crippen molar-refractivity contribution >= 4 is 21.4 Å². The second-order valence-electron chi connectivity index (χ2n) is 4.97. The van der Waals surface area contributed by atoms with Crippen LogP contribution in [0.25, 0.3) is 0 Å². The summed E-state index contributed by atoms with van der Waals surface area (Å²) in [5.74, 6) is -0.674. The number of rotatable bonds is 7. The molecule has 24 heavy (non-hydrogen) atoms. The highest BCUT2D eigenvalue weighted by molar-refractivity contribution is 7.53. The smallest absolute Gasteiger partial charge is 0.355 e. The highest BCUT2D eigenvalue weighted by Gasteiger charge is 2.45. The van der Waals surface area contributed by atoms with E-state index in [-0.39, 0.29) is 0 Å². The lowest BCUT2D eigenvalue weighted by Gasteiger charge is -2.22. The largest absolute Gasteiger partial charge is 0.450 e. The van der Waals surface area contributed by atoms with E-state index in [2.05, 4.69) is 0 Å². The Morgan fingerprint density at radius 1 is 1.29 bits per heavy atom. The van der Waals surface area contributed by atoms with Crippen LogP contribution in [0, 0.1) is 0 Å². The standard InChI is InChI=1S/C14H18BO8P/c1-19-24(18,20-2)8-21-14-11(10(16)12(15)23-14)22-13(17)9-6-4-3-5-7-9/h3-7,10-12,14,16H,8H2,1-2H3. The van der Waals surface area contributed by atoms with Crippen molar-refractivity contribution in [3.8, 4) is 0 Å². The lowest BCUT2D eigenvalue weighted by Crippen LogP contribution is -2.38. The van der Waals surface area contributed by atoms with Crippen LogP contribution >= 0.6 is 7.60 Å². The highest BCUT2D eigenvalue weighted by Crippen LogP contribution is 2.46. The van der Waals surface area contributed by atoms with E-state index in [0.717, 1.165) is 0 Å². The molecule has 1 aliphatic rings. The molecule has 1 aromatic carbocycles. The van der Waals surface area contributed by atoms with Gasteiger partial charge >= 0.3 is 13.6 Å². The normalized spacial score (nSPS) is 27.1. The number of aliphatic hydroxyl groups excluding tert-OH is 1. The van der Waals surface area contributed by atoms with Crippen LogP contribution in [0.1, 0.15) is 10.4 Å². The zero-order valence-corrected chi connectivity index (χ0v) is 14.1. The molecule has 1 heterocycles. The highest BCUT2D eigenvalue weighted by atomic mass is 31.2. The van der Waals surface area contributed by atoms with Crippen molar-refractivity contribution in [2.45, 2.75) is 24.5 Å². The summed E-state index contributed by atoms with van der Waals surface area (Å²) in [6.45, 7) is 0. The summed E-state index contributed by atoms with van der Waals surface area (Å²) in [6, 6.07) is 7.10. The lowest BCUT2D eigenvalue weighted by molar-refractivity contribution is -0.150. The maximum absolute atomic E-state index is 12.1. The molecule has 0 saturated carbocycles. The van der Waals surface area contributed by atoms with Gasteiger partial charge in [-0.05, 0) is 12.1 Å². The Kier molecular flexibility index (Phi) is 6.57. The van der Waals surface area contributed by atoms with Crippen molar-refractivity contribution in [1.29, 1.82) is 0 Å². The van der Waals surface area contributed by atoms with Crippen molar-refractivity contribution in [2.75, 3.05) is 20.6 Å². The lowest BCUT2D eigenvalue weighted by atomic mass is 9.94. The van der Waals surface area contributed by atoms with Crippen molar-refractivity contribution in [3.05, 3.63) is 35.9 Å². The molecule has 1 saturated heterocycles. The zero-order chi connectivity index (χ0) is 17.7. The van der Waals surface area contributed by atoms with Crippen molar-refractivity contribution < 1.29 is 37.7 Å². The van der Waals surface area contributed by atoms with Gasteiger partial charge in [-0.2, -0.15) is 0 Å². The summed E-state index contributed by atoms with van der Waals surface area (Å²) < 4.78 is 37.2. The number of hydrogen-bond acceptors (Lipinski definition) is 8. The Bertz CT molecular complexity index is 590. The summed E-state index contributed by atoms with van der Waals surface area (Å²) in [5, 5.41) is 10.0. The fraction of sp³-hybridized carbons (Fsp3) is 0.500. The molecule has 2 rings (SSSR count). The Morgan fingerprint density at radius 2 is 1.92 bits per heavy atom. The first-order valence-electron chi connectivity index (χ1n) is 7.07. The van der Waals surface area contributed by atoms with E-state index in [1.807, 2.05) is 0 Å². The van der Waals surface area contributed by atoms with Gasteiger partial charge in [0.05, 0.1) is 5.56 Å². The van der Waals surface area contributed by atoms with E-state index in [9.17, 15) is 14.5 Å². The fourth-order valence-electron chi connectivity index (χ4n) is 2.03. The predicted octanol–water partition coefficient (Wildman–Crippen LogP) is 0.884. The van der Waals surface area contributed by atoms with Crippen LogP contribution in [0.4, 0.5) is 0 Å². The molecule has 1 fully saturated rings. The average Bonchev–Trinajstić information content (AvgIpc) is 2.88. The topological polar surface area (TPSA) is 101 Å². The molecule has 0 spiro atoms. The molecule has 1 aromatic rings. The Balaban J connectivity index is 2.04. The van der Waals surface area contributed by atoms with E-state index >= 15 is 0 Å². The van der Waals surface area contributed by atoms with E-state index in [0.29, 0.717) is 5.56 Å². The third-order valence-electron chi connectivity index (χ3n) is 3.44. The van der Waals surface area contributed by atoms with Crippen LogP contribution in [0.5, 0.6) is 0 Å². The van der Waals surface area contributed by atoms with E-state index < -0.39 is 44.4 Å². The summed E-state index contributed by atoms with van der Waals surface area (Å²) in [6.07, 6.45) is -4.15. The molecule has 130 valence electrons. The molecule has 0 bridgehead atoms. The van der Waals surface area contributed by atoms with E-state index in [1.54, 1.807) is 30.3 Å². The number of carbonyl (C=O) groups is 1. The van der Waals surface area contributed by atoms with Gasteiger partial charge in [-0.25, -0.2) is 4.79 Å². The van der Waals surface area contributed by atoms with Gasteiger partial charge in [0.2, 0.25) is 0 Å². The second kappa shape index (κ2) is 8.25. The van der Waals surface area contributed by atoms with Gasteiger partial charge in [0, 0.05) is 20.2 Å². The van der Waals surface area contributed by atoms with Gasteiger partial charge in [0.25, 0.3) is 0 Å². The minimum absolute atomic E-state index is 0.295. The molecule has 4 atom stereocenters. The molecule has 1 N–H and O–H groups in total. The summed E-state index contributed by atoms with van der Waals surface area (Å²) >= 11 is 0. The molecular formula is C14H18BO8P. The van der Waals surface area contributed by atoms with Crippen LogP contribution < -0.4 is 0 Å². The fourth-order valence-corrected chi connectivity index (χ4v) is 2.72. The average molecular weight is 356 g/mol. The van der Waals surface area contributed by atoms with Gasteiger partial charge < -0.3 is 28.4 Å². The van der Waals surface area contributed by atoms with Crippen LogP contribution in [0.15, 0.2) is 30.3 Å². The van der Waals surface area contributed by atoms with Crippen LogP contribution in [-0.4, -0.2) is 64.0 Å². The summed E-state index contributed by atoms with van der Waals surface area (Å²) in [5.41, 5.74) is 0.295. The van der Waals surface area contributed by atoms with Crippen molar-refractivity contribution in [3.63, 3.8) is 0 Å². The van der Waals surface area contributed by atoms with Crippen LogP contribution in [0.3, 0.4) is 0 Å². The summed E-state index contributed by atoms with van der Waals surface area (Å²) in [4.78, 5) is 12.1. The first-order chi connectivity index (χ1) is 11.4. The first-order valence-corrected chi connectivity index (χ1v) is 8.80. The molecule has 0 amide bonds. The SMILES string of the molecule is [B]C1OC(OCP(=O)(OC)OC)C(OC(=O)c2ccccc2)C1O. The predicted molar refractivity (Wildman–Crippen MR) is 83.6 cm³/mol. The Morgan fingerprint density at radius 3 is 2.50 bits per heavy atom. The molecule has 4 unspecified atom stereocenters. The molecule has 2 radical (unpaired) electrons. The van der Waals surface area contributed by atoms with Gasteiger partial charge in [-0.3, -0.25) is 4.57 Å². The third kappa shape index (κ3) is 4.44. The number of ether oxygens (including phenoxy) is 3. The molecule has 0 aromatic heterocycles. The van der Waals surface area contributed by atoms with Crippen molar-refractivity contribution in [2.24, 2.45) is 0 Å². The van der Waals surface area contributed by atoms with Crippen LogP contribution in [-0.2, 0) is 27.8 Å². The van der Waals surface area contributed by atoms with Crippen molar-refractivity contribution in [1.82, 2.24) is 0 Å². The number of esters is 1. The molecule has 8 nitrogen and oxygen atoms in total. The number of carbonyl (C=O) groups excluding carboxylic acids is 1. The maximum Gasteiger partial charge on any atom is 0.355 e. The Hall–Kier alpha value is -1.22. The zero-order valence-electron chi connectivity index (χ0n) is 13.2. The van der Waals surface area contributed by atoms with Crippen LogP contribution in [0.2, 0.25) is 0 Å². The maximum atomic E-state index is 12.1. The van der Waals surface area contributed by atoms with Gasteiger partial charge in [-0.1, -0.05) is 18.2 Å². The second-order valence-corrected chi connectivity index (χ2v) is 7.18. The third-order valence-corrected chi connectivity index (χ3v) is 5.02. The first kappa shape index (κ1) is 19.1. The quantitative estimate of drug-likeness (QED) is 0.437. The van der Waals surface area contributed by atoms with Gasteiger partial charge in [0.15, 0.2) is 18.7 Å². The molecule has 0 aliphatic carbocycles. The minimum atomic E-state index is -3.46.